The number of amides is 1. The van der Waals surface area contributed by atoms with E-state index in [1.807, 2.05) is 38.1 Å². The zero-order valence-electron chi connectivity index (χ0n) is 59.8. The van der Waals surface area contributed by atoms with Crippen molar-refractivity contribution in [3.8, 4) is 516 Å². The van der Waals surface area contributed by atoms with Crippen molar-refractivity contribution in [3.63, 3.8) is 0 Å². The largest absolute Gasteiger partial charge is 0.407 e. The molecule has 117 heavy (non-hydrogen) atoms. The average Bonchev–Trinajstić information content (AvgIpc) is 1.62. The van der Waals surface area contributed by atoms with E-state index in [0.29, 0.717) is 18.5 Å². The van der Waals surface area contributed by atoms with Crippen LogP contribution in [0, 0.1) is 534 Å². The number of benzene rings is 2. The molecule has 1 unspecified atom stereocenters. The summed E-state index contributed by atoms with van der Waals surface area (Å²) in [4.78, 5) is 18.9. The van der Waals surface area contributed by atoms with Crippen LogP contribution in [0.4, 0.5) is 30.2 Å². The molecule has 1 aliphatic heterocycles. The highest BCUT2D eigenvalue weighted by Crippen LogP contribution is 2.40. The molecule has 0 saturated carbocycles. The molecule has 0 N–H and O–H groups in total. The molecule has 2 aromatic rings. The fraction of sp³-hybridized carbons (Fsp3) is 0.0556. The summed E-state index contributed by atoms with van der Waals surface area (Å²) in [5.74, 6) is 210. The molecule has 5 nitrogen and oxygen atoms in total. The van der Waals surface area contributed by atoms with Crippen LogP contribution in [0.1, 0.15) is 30.9 Å². The molecular formula is C108H19F3N4OS. The van der Waals surface area contributed by atoms with Gasteiger partial charge in [0, 0.05) is 467 Å². The summed E-state index contributed by atoms with van der Waals surface area (Å²) in [6.07, 6.45) is 1.46. The van der Waals surface area contributed by atoms with Crippen molar-refractivity contribution in [1.82, 2.24) is 0 Å². The van der Waals surface area contributed by atoms with Gasteiger partial charge in [0.05, 0.1) is 12.1 Å². The summed E-state index contributed by atoms with van der Waals surface area (Å²) in [5, 5.41) is 8.34. The van der Waals surface area contributed by atoms with Crippen LogP contribution in [0.3, 0.4) is 0 Å². The predicted molar refractivity (Wildman–Crippen MR) is 451 cm³/mol. The maximum absolute atomic E-state index is 13.4. The molecule has 1 amide bonds. The number of terminal acetylenes is 1. The number of nitriles is 1. The second kappa shape index (κ2) is 66.9. The van der Waals surface area contributed by atoms with Gasteiger partial charge >= 0.3 is 6.18 Å². The van der Waals surface area contributed by atoms with E-state index in [-0.39, 0.29) is 16.7 Å². The van der Waals surface area contributed by atoms with Crippen molar-refractivity contribution >= 4 is 40.3 Å². The number of alkyl halides is 3. The molecule has 1 aliphatic rings. The third-order valence-electron chi connectivity index (χ3n) is 10.1. The molecule has 1 heterocycles. The summed E-state index contributed by atoms with van der Waals surface area (Å²) < 4.78 is 40.2. The van der Waals surface area contributed by atoms with Gasteiger partial charge in [-0.3, -0.25) is 9.69 Å². The Bertz CT molecular complexity index is 7350. The van der Waals surface area contributed by atoms with Crippen LogP contribution in [-0.2, 0) is 11.0 Å². The van der Waals surface area contributed by atoms with Crippen molar-refractivity contribution in [1.29, 1.82) is 5.26 Å². The molecular weight excluding hydrogens is 1460 g/mol. The van der Waals surface area contributed by atoms with Crippen LogP contribution in [-0.4, -0.2) is 17.1 Å². The highest BCUT2D eigenvalue weighted by atomic mass is 32.1. The SMILES string of the molecule is C#CC#CC#CC#CC#CC#CC#CC#CC#CC#CC#CC#CC#CC#CC#CC#CC#CC#CC#CC#CC#CC#CC#CC#CC#CC#CC#CC#CC#CC#CC#CC#CC#CC#CC#CC#CC#CC#CC#CC#CC#CC#CC#CC#N.[C-]#[N+]c1ccc(N2C(=O)C(CCC)N(c3ccc(C)cc3)C2=S)cc1C(F)(F)F. The van der Waals surface area contributed by atoms with Gasteiger partial charge in [0.15, 0.2) is 16.9 Å². The van der Waals surface area contributed by atoms with Crippen molar-refractivity contribution in [2.75, 3.05) is 9.80 Å². The predicted octanol–water partition coefficient (Wildman–Crippen LogP) is 6.16. The second-order valence-corrected chi connectivity index (χ2v) is 17.9. The summed E-state index contributed by atoms with van der Waals surface area (Å²) in [6.45, 7) is 10.8. The van der Waals surface area contributed by atoms with Crippen molar-refractivity contribution in [3.05, 3.63) is 65.0 Å². The lowest BCUT2D eigenvalue weighted by Crippen LogP contribution is -2.35. The minimum Gasteiger partial charge on any atom is -0.306 e. The van der Waals surface area contributed by atoms with Crippen LogP contribution in [0.5, 0.6) is 0 Å². The van der Waals surface area contributed by atoms with Crippen LogP contribution in [0.2, 0.25) is 0 Å². The normalized spacial score (nSPS) is 7.18. The average molecular weight is 1480 g/mol. The molecule has 0 aromatic heterocycles. The quantitative estimate of drug-likeness (QED) is 0.210. The van der Waals surface area contributed by atoms with Crippen molar-refractivity contribution < 1.29 is 18.0 Å². The molecule has 1 saturated heterocycles. The van der Waals surface area contributed by atoms with Crippen molar-refractivity contribution in [2.24, 2.45) is 0 Å². The van der Waals surface area contributed by atoms with E-state index in [2.05, 4.69) is 508 Å². The summed E-state index contributed by atoms with van der Waals surface area (Å²) >= 11 is 5.51. The number of rotatable bonds is 4. The Labute approximate surface area is 688 Å². The Kier molecular flexibility index (Phi) is 51.9. The molecule has 0 aliphatic carbocycles. The van der Waals surface area contributed by atoms with Gasteiger partial charge in [0.2, 0.25) is 0 Å². The van der Waals surface area contributed by atoms with Crippen LogP contribution >= 0.6 is 12.2 Å². The molecule has 0 radical (unpaired) electrons. The Balaban J connectivity index is 0.00000132. The van der Waals surface area contributed by atoms with Gasteiger partial charge in [-0.15, -0.1) is 6.42 Å². The minimum absolute atomic E-state index is 0.00967. The van der Waals surface area contributed by atoms with E-state index >= 15 is 0 Å². The zero-order valence-corrected chi connectivity index (χ0v) is 60.7. The first-order chi connectivity index (χ1) is 57.6. The molecule has 0 bridgehead atoms. The van der Waals surface area contributed by atoms with Crippen LogP contribution in [0.15, 0.2) is 42.5 Å². The van der Waals surface area contributed by atoms with Gasteiger partial charge in [0.25, 0.3) is 5.91 Å². The number of anilines is 2. The maximum Gasteiger partial charge on any atom is 0.407 e. The second-order valence-electron chi connectivity index (χ2n) is 17.5. The Morgan fingerprint density at radius 3 is 0.726 bits per heavy atom. The third kappa shape index (κ3) is 50.6. The third-order valence-corrected chi connectivity index (χ3v) is 10.4. The van der Waals surface area contributed by atoms with Gasteiger partial charge in [-0.1, -0.05) is 37.1 Å². The lowest BCUT2D eigenvalue weighted by Gasteiger charge is -2.24. The van der Waals surface area contributed by atoms with Crippen molar-refractivity contribution in [2.45, 2.75) is 38.9 Å². The summed E-state index contributed by atoms with van der Waals surface area (Å²) in [6, 6.07) is 11.7. The number of hydrogen-bond donors (Lipinski definition) is 0. The van der Waals surface area contributed by atoms with Gasteiger partial charge in [-0.05, 0) is 97.2 Å². The summed E-state index contributed by atoms with van der Waals surface area (Å²) in [7, 11) is 0. The van der Waals surface area contributed by atoms with E-state index in [1.54, 1.807) is 11.0 Å². The number of carbonyl (C=O) groups excluding carboxylic acids is 1. The van der Waals surface area contributed by atoms with Gasteiger partial charge in [0.1, 0.15) is 6.04 Å². The molecule has 504 valence electrons. The molecule has 2 aromatic carbocycles. The fourth-order valence-electron chi connectivity index (χ4n) is 5.97. The van der Waals surface area contributed by atoms with E-state index in [9.17, 15) is 18.0 Å². The molecule has 1 atom stereocenters. The molecule has 0 spiro atoms. The number of thiocarbonyl (C=S) groups is 1. The van der Waals surface area contributed by atoms with Gasteiger partial charge in [-0.2, -0.15) is 18.4 Å². The lowest BCUT2D eigenvalue weighted by atomic mass is 10.1. The fourth-order valence-corrected chi connectivity index (χ4v) is 6.40. The molecule has 3 rings (SSSR count). The molecule has 9 heteroatoms. The van der Waals surface area contributed by atoms with Crippen LogP contribution in [0.25, 0.3) is 4.85 Å². The first-order valence-electron chi connectivity index (χ1n) is 30.8. The Morgan fingerprint density at radius 2 is 0.547 bits per heavy atom. The Morgan fingerprint density at radius 1 is 0.350 bits per heavy atom. The number of carbonyl (C=O) groups is 1. The lowest BCUT2D eigenvalue weighted by molar-refractivity contribution is -0.136. The molecule has 1 fully saturated rings. The zero-order chi connectivity index (χ0) is 84.2. The first-order valence-corrected chi connectivity index (χ1v) is 31.2. The summed E-state index contributed by atoms with van der Waals surface area (Å²) in [5.41, 5.74) is 0.165. The Hall–Kier alpha value is -22.3. The van der Waals surface area contributed by atoms with Gasteiger partial charge < -0.3 is 4.90 Å². The van der Waals surface area contributed by atoms with E-state index in [4.69, 9.17) is 30.5 Å². The maximum atomic E-state index is 13.4. The number of nitrogens with zero attached hydrogens (tertiary/aromatic N) is 4. The van der Waals surface area contributed by atoms with Gasteiger partial charge in [-0.25, -0.2) is 4.85 Å². The highest BCUT2D eigenvalue weighted by molar-refractivity contribution is 7.81. The van der Waals surface area contributed by atoms with E-state index < -0.39 is 23.5 Å². The first kappa shape index (κ1) is 90.7. The van der Waals surface area contributed by atoms with E-state index in [1.165, 1.54) is 6.07 Å². The van der Waals surface area contributed by atoms with Crippen LogP contribution < -0.4 is 9.80 Å². The minimum atomic E-state index is -4.71. The smallest absolute Gasteiger partial charge is 0.306 e. The number of halogens is 3. The highest BCUT2D eigenvalue weighted by Gasteiger charge is 2.44. The number of hydrogen-bond acceptors (Lipinski definition) is 3. The van der Waals surface area contributed by atoms with E-state index in [0.717, 1.165) is 22.6 Å². The monoisotopic (exact) mass is 1480 g/mol. The topological polar surface area (TPSA) is 51.7 Å². The standard InChI is InChI=1S/C87HN.C21H18F3N3OS/c1-2-3-4-5-6-7-8-9-10-11-12-13-14-15-16-17-18-19-20-21-22-23-24-25-26-27-28-29-30-31-32-33-34-35-36-37-38-39-40-41-42-43-44-45-46-47-48-49-50-51-52-53-54-55-56-57-58-59-60-61-62-63-64-65-66-67-68-69-70-71-72-73-74-75-76-77-78-79-80-81-82-83-84-85-86-87-88;1-4-5-18-19(28)27(20(29)26(18)14-8-6-13(2)7-9-14)15-10-11-17(25-3)16(12-15)21(22,23)24/h1H;6-12,18H,4-5H2,1-2H3. The number of aryl methyl sites for hydroxylation is 1.